The summed E-state index contributed by atoms with van der Waals surface area (Å²) in [6.07, 6.45) is 1.44. The van der Waals surface area contributed by atoms with Crippen LogP contribution in [0.2, 0.25) is 0 Å². The molecule has 1 fully saturated rings. The van der Waals surface area contributed by atoms with E-state index in [9.17, 15) is 22.8 Å². The van der Waals surface area contributed by atoms with Gasteiger partial charge in [-0.05, 0) is 44.0 Å². The number of ether oxygens (including phenoxy) is 1. The highest BCUT2D eigenvalue weighted by atomic mass is 32.2. The van der Waals surface area contributed by atoms with Crippen molar-refractivity contribution in [2.24, 2.45) is 5.73 Å². The zero-order chi connectivity index (χ0) is 19.3. The molecule has 142 valence electrons. The Balaban J connectivity index is 2.05. The Hall–Kier alpha value is -2.46. The standard InChI is InChI=1S/C16H21N3O6S/c1-11(14(20)18-16(17)22)25-15(21)12-5-7-13(8-6-12)26(23,24)19-9-3-2-4-10-19/h5-8,11H,2-4,9-10H2,1H3,(H3,17,18,20,22)/t11-/m1/s1. The second kappa shape index (κ2) is 8.28. The zero-order valence-electron chi connectivity index (χ0n) is 14.3. The van der Waals surface area contributed by atoms with Gasteiger partial charge < -0.3 is 10.5 Å². The predicted octanol–water partition coefficient (Wildman–Crippen LogP) is 0.601. The number of benzene rings is 1. The van der Waals surface area contributed by atoms with Crippen LogP contribution in [0, 0.1) is 0 Å². The first-order valence-corrected chi connectivity index (χ1v) is 9.57. The van der Waals surface area contributed by atoms with Gasteiger partial charge >= 0.3 is 12.0 Å². The minimum absolute atomic E-state index is 0.0846. The van der Waals surface area contributed by atoms with E-state index in [4.69, 9.17) is 10.5 Å². The van der Waals surface area contributed by atoms with Gasteiger partial charge in [-0.1, -0.05) is 6.42 Å². The number of nitrogens with zero attached hydrogens (tertiary/aromatic N) is 1. The summed E-state index contributed by atoms with van der Waals surface area (Å²) in [4.78, 5) is 34.3. The lowest BCUT2D eigenvalue weighted by molar-refractivity contribution is -0.127. The van der Waals surface area contributed by atoms with Gasteiger partial charge in [-0.2, -0.15) is 4.31 Å². The monoisotopic (exact) mass is 383 g/mol. The lowest BCUT2D eigenvalue weighted by atomic mass is 10.2. The van der Waals surface area contributed by atoms with Crippen LogP contribution >= 0.6 is 0 Å². The number of carbonyl (C=O) groups excluding carboxylic acids is 3. The second-order valence-corrected chi connectivity index (χ2v) is 7.83. The third-order valence-electron chi connectivity index (χ3n) is 3.94. The highest BCUT2D eigenvalue weighted by Gasteiger charge is 2.26. The molecule has 3 amide bonds. The Bertz CT molecular complexity index is 785. The van der Waals surface area contributed by atoms with Crippen molar-refractivity contribution in [2.75, 3.05) is 13.1 Å². The van der Waals surface area contributed by atoms with Crippen LogP contribution in [0.15, 0.2) is 29.2 Å². The van der Waals surface area contributed by atoms with Crippen LogP contribution in [0.3, 0.4) is 0 Å². The third-order valence-corrected chi connectivity index (χ3v) is 5.86. The lowest BCUT2D eigenvalue weighted by Crippen LogP contribution is -2.42. The number of imide groups is 1. The van der Waals surface area contributed by atoms with E-state index in [0.717, 1.165) is 19.3 Å². The summed E-state index contributed by atoms with van der Waals surface area (Å²) in [7, 11) is -3.59. The molecule has 1 aromatic carbocycles. The summed E-state index contributed by atoms with van der Waals surface area (Å²) in [5, 5.41) is 1.80. The van der Waals surface area contributed by atoms with Gasteiger partial charge in [-0.25, -0.2) is 18.0 Å². The number of amides is 3. The molecule has 10 heteroatoms. The van der Waals surface area contributed by atoms with Crippen molar-refractivity contribution >= 4 is 27.9 Å². The second-order valence-electron chi connectivity index (χ2n) is 5.89. The zero-order valence-corrected chi connectivity index (χ0v) is 15.1. The molecule has 0 bridgehead atoms. The number of nitrogens with one attached hydrogen (secondary N) is 1. The molecule has 26 heavy (non-hydrogen) atoms. The maximum atomic E-state index is 12.6. The van der Waals surface area contributed by atoms with Gasteiger partial charge in [0.25, 0.3) is 5.91 Å². The number of primary amides is 1. The average molecular weight is 383 g/mol. The fraction of sp³-hybridized carbons (Fsp3) is 0.438. The fourth-order valence-corrected chi connectivity index (χ4v) is 4.04. The fourth-order valence-electron chi connectivity index (χ4n) is 2.52. The molecule has 0 saturated carbocycles. The Labute approximate surface area is 151 Å². The topological polar surface area (TPSA) is 136 Å². The van der Waals surface area contributed by atoms with Gasteiger partial charge in [0.15, 0.2) is 6.10 Å². The minimum Gasteiger partial charge on any atom is -0.449 e. The molecule has 0 aromatic heterocycles. The first-order valence-electron chi connectivity index (χ1n) is 8.13. The van der Waals surface area contributed by atoms with Crippen LogP contribution in [-0.4, -0.2) is 49.8 Å². The molecule has 1 aliphatic rings. The summed E-state index contributed by atoms with van der Waals surface area (Å²) in [6.45, 7) is 2.25. The lowest BCUT2D eigenvalue weighted by Gasteiger charge is -2.25. The Kier molecular flexibility index (Phi) is 6.32. The predicted molar refractivity (Wildman–Crippen MR) is 91.7 cm³/mol. The molecule has 0 radical (unpaired) electrons. The van der Waals surface area contributed by atoms with Crippen LogP contribution in [-0.2, 0) is 19.6 Å². The van der Waals surface area contributed by atoms with Crippen molar-refractivity contribution in [3.63, 3.8) is 0 Å². The summed E-state index contributed by atoms with van der Waals surface area (Å²) in [6, 6.07) is 4.24. The van der Waals surface area contributed by atoms with Gasteiger partial charge in [-0.15, -0.1) is 0 Å². The molecule has 1 heterocycles. The third kappa shape index (κ3) is 4.79. The number of hydrogen-bond acceptors (Lipinski definition) is 6. The summed E-state index contributed by atoms with van der Waals surface area (Å²) < 4.78 is 31.5. The molecule has 1 atom stereocenters. The molecule has 1 saturated heterocycles. The van der Waals surface area contributed by atoms with E-state index >= 15 is 0 Å². The molecular weight excluding hydrogens is 362 g/mol. The van der Waals surface area contributed by atoms with E-state index in [1.165, 1.54) is 35.5 Å². The average Bonchev–Trinajstić information content (AvgIpc) is 2.62. The Morgan fingerprint density at radius 1 is 1.12 bits per heavy atom. The number of sulfonamides is 1. The van der Waals surface area contributed by atoms with Gasteiger partial charge in [0.1, 0.15) is 0 Å². The van der Waals surface area contributed by atoms with E-state index in [0.29, 0.717) is 13.1 Å². The van der Waals surface area contributed by atoms with Crippen LogP contribution in [0.5, 0.6) is 0 Å². The van der Waals surface area contributed by atoms with Crippen LogP contribution in [0.25, 0.3) is 0 Å². The maximum Gasteiger partial charge on any atom is 0.338 e. The highest BCUT2D eigenvalue weighted by molar-refractivity contribution is 7.89. The molecular formula is C16H21N3O6S. The van der Waals surface area contributed by atoms with Crippen LogP contribution in [0.1, 0.15) is 36.5 Å². The molecule has 3 N–H and O–H groups in total. The smallest absolute Gasteiger partial charge is 0.338 e. The van der Waals surface area contributed by atoms with Crippen molar-refractivity contribution in [3.05, 3.63) is 29.8 Å². The van der Waals surface area contributed by atoms with Crippen molar-refractivity contribution in [1.82, 2.24) is 9.62 Å². The van der Waals surface area contributed by atoms with Crippen molar-refractivity contribution in [1.29, 1.82) is 0 Å². The van der Waals surface area contributed by atoms with Gasteiger partial charge in [-0.3, -0.25) is 10.1 Å². The van der Waals surface area contributed by atoms with Gasteiger partial charge in [0.05, 0.1) is 10.5 Å². The number of esters is 1. The Morgan fingerprint density at radius 3 is 2.23 bits per heavy atom. The minimum atomic E-state index is -3.59. The molecule has 1 aromatic rings. The molecule has 0 aliphatic carbocycles. The number of rotatable bonds is 5. The number of carbonyl (C=O) groups is 3. The number of hydrogen-bond donors (Lipinski definition) is 2. The van der Waals surface area contributed by atoms with Crippen LogP contribution < -0.4 is 11.1 Å². The van der Waals surface area contributed by atoms with Crippen molar-refractivity contribution in [2.45, 2.75) is 37.2 Å². The van der Waals surface area contributed by atoms with E-state index in [1.54, 1.807) is 5.32 Å². The largest absolute Gasteiger partial charge is 0.449 e. The first kappa shape index (κ1) is 19.9. The summed E-state index contributed by atoms with van der Waals surface area (Å²) in [5.41, 5.74) is 4.90. The maximum absolute atomic E-state index is 12.6. The molecule has 9 nitrogen and oxygen atoms in total. The summed E-state index contributed by atoms with van der Waals surface area (Å²) >= 11 is 0. The SMILES string of the molecule is C[C@@H](OC(=O)c1ccc(S(=O)(=O)N2CCCCC2)cc1)C(=O)NC(N)=O. The van der Waals surface area contributed by atoms with Crippen LogP contribution in [0.4, 0.5) is 4.79 Å². The number of piperidine rings is 1. The van der Waals surface area contributed by atoms with Crippen molar-refractivity contribution < 1.29 is 27.5 Å². The Morgan fingerprint density at radius 2 is 1.69 bits per heavy atom. The van der Waals surface area contributed by atoms with E-state index in [2.05, 4.69) is 0 Å². The van der Waals surface area contributed by atoms with Gasteiger partial charge in [0, 0.05) is 13.1 Å². The normalized spacial score (nSPS) is 16.5. The molecule has 1 aliphatic heterocycles. The van der Waals surface area contributed by atoms with E-state index < -0.39 is 34.0 Å². The van der Waals surface area contributed by atoms with Crippen molar-refractivity contribution in [3.8, 4) is 0 Å². The first-order chi connectivity index (χ1) is 12.2. The molecule has 0 spiro atoms. The highest BCUT2D eigenvalue weighted by Crippen LogP contribution is 2.21. The van der Waals surface area contributed by atoms with E-state index in [-0.39, 0.29) is 10.5 Å². The number of nitrogens with two attached hydrogens (primary N) is 1. The summed E-state index contributed by atoms with van der Waals surface area (Å²) in [5.74, 6) is -1.67. The quantitative estimate of drug-likeness (QED) is 0.715. The van der Waals surface area contributed by atoms with E-state index in [1.807, 2.05) is 0 Å². The van der Waals surface area contributed by atoms with Gasteiger partial charge in [0.2, 0.25) is 10.0 Å². The molecule has 0 unspecified atom stereocenters. The number of urea groups is 1. The molecule has 2 rings (SSSR count).